The average Bonchev–Trinajstić information content (AvgIpc) is 3.12. The Hall–Kier alpha value is -2.31. The van der Waals surface area contributed by atoms with Crippen LogP contribution in [0.1, 0.15) is 30.3 Å². The smallest absolute Gasteiger partial charge is 0.329 e. The molecule has 7 heteroatoms. The van der Waals surface area contributed by atoms with Crippen molar-refractivity contribution in [2.24, 2.45) is 5.92 Å². The van der Waals surface area contributed by atoms with Crippen molar-refractivity contribution in [1.29, 1.82) is 0 Å². The van der Waals surface area contributed by atoms with E-state index in [9.17, 15) is 19.5 Å². The van der Waals surface area contributed by atoms with Crippen LogP contribution in [0, 0.1) is 5.92 Å². The standard InChI is InChI=1S/C13H16N2O5/c1-13(12(18)19,8-4-5-8)15-10(16)7-14-11(17)9-3-2-6-20-9/h2-3,6,8H,4-5,7H2,1H3,(H,14,17)(H,15,16)(H,18,19). The van der Waals surface area contributed by atoms with E-state index in [1.54, 1.807) is 6.07 Å². The highest BCUT2D eigenvalue weighted by Crippen LogP contribution is 2.39. The predicted octanol–water partition coefficient (Wildman–Crippen LogP) is 0.379. The van der Waals surface area contributed by atoms with E-state index in [1.165, 1.54) is 19.3 Å². The normalized spacial score (nSPS) is 17.1. The molecule has 0 saturated heterocycles. The van der Waals surface area contributed by atoms with Gasteiger partial charge in [-0.15, -0.1) is 0 Å². The second-order valence-electron chi connectivity index (χ2n) is 4.99. The van der Waals surface area contributed by atoms with Gasteiger partial charge in [0.2, 0.25) is 5.91 Å². The van der Waals surface area contributed by atoms with Crippen molar-refractivity contribution in [3.05, 3.63) is 24.2 Å². The Bertz CT molecular complexity index is 521. The number of carboxylic acid groups (broad SMARTS) is 1. The second-order valence-corrected chi connectivity index (χ2v) is 4.99. The molecule has 20 heavy (non-hydrogen) atoms. The maximum Gasteiger partial charge on any atom is 0.329 e. The van der Waals surface area contributed by atoms with E-state index >= 15 is 0 Å². The fourth-order valence-corrected chi connectivity index (χ4v) is 1.98. The Balaban J connectivity index is 1.86. The van der Waals surface area contributed by atoms with Crippen LogP contribution < -0.4 is 10.6 Å². The molecule has 108 valence electrons. The number of hydrogen-bond donors (Lipinski definition) is 3. The topological polar surface area (TPSA) is 109 Å². The van der Waals surface area contributed by atoms with E-state index in [0.29, 0.717) is 0 Å². The van der Waals surface area contributed by atoms with Crippen molar-refractivity contribution in [3.63, 3.8) is 0 Å². The van der Waals surface area contributed by atoms with Gasteiger partial charge in [-0.1, -0.05) is 0 Å². The van der Waals surface area contributed by atoms with Gasteiger partial charge in [-0.2, -0.15) is 0 Å². The molecule has 1 atom stereocenters. The van der Waals surface area contributed by atoms with Crippen molar-refractivity contribution in [3.8, 4) is 0 Å². The SMILES string of the molecule is CC(NC(=O)CNC(=O)c1ccco1)(C(=O)O)C1CC1. The molecule has 7 nitrogen and oxygen atoms in total. The van der Waals surface area contributed by atoms with Crippen molar-refractivity contribution in [2.45, 2.75) is 25.3 Å². The Morgan fingerprint density at radius 3 is 2.65 bits per heavy atom. The molecule has 0 spiro atoms. The van der Waals surface area contributed by atoms with Gasteiger partial charge >= 0.3 is 5.97 Å². The summed E-state index contributed by atoms with van der Waals surface area (Å²) in [6, 6.07) is 3.03. The number of rotatable bonds is 6. The first-order valence-electron chi connectivity index (χ1n) is 6.29. The molecule has 0 bridgehead atoms. The molecular formula is C13H16N2O5. The summed E-state index contributed by atoms with van der Waals surface area (Å²) in [6.07, 6.45) is 2.91. The average molecular weight is 280 g/mol. The minimum absolute atomic E-state index is 0.0512. The lowest BCUT2D eigenvalue weighted by atomic mass is 9.96. The van der Waals surface area contributed by atoms with Crippen LogP contribution in [-0.2, 0) is 9.59 Å². The maximum absolute atomic E-state index is 11.7. The van der Waals surface area contributed by atoms with Gasteiger partial charge in [-0.05, 0) is 37.8 Å². The highest BCUT2D eigenvalue weighted by molar-refractivity contribution is 5.95. The lowest BCUT2D eigenvalue weighted by molar-refractivity contribution is -0.147. The van der Waals surface area contributed by atoms with E-state index in [0.717, 1.165) is 12.8 Å². The van der Waals surface area contributed by atoms with E-state index in [4.69, 9.17) is 4.42 Å². The summed E-state index contributed by atoms with van der Waals surface area (Å²) in [6.45, 7) is 1.19. The molecule has 1 aromatic rings. The summed E-state index contributed by atoms with van der Waals surface area (Å²) < 4.78 is 4.88. The molecule has 1 fully saturated rings. The number of furan rings is 1. The zero-order chi connectivity index (χ0) is 14.8. The summed E-state index contributed by atoms with van der Waals surface area (Å²) in [4.78, 5) is 34.6. The van der Waals surface area contributed by atoms with E-state index in [1.807, 2.05) is 0 Å². The maximum atomic E-state index is 11.7. The number of aliphatic carboxylic acids is 1. The number of nitrogens with one attached hydrogen (secondary N) is 2. The van der Waals surface area contributed by atoms with Crippen LogP contribution in [0.2, 0.25) is 0 Å². The van der Waals surface area contributed by atoms with Crippen LogP contribution in [0.4, 0.5) is 0 Å². The van der Waals surface area contributed by atoms with Gasteiger partial charge < -0.3 is 20.2 Å². The van der Waals surface area contributed by atoms with Crippen LogP contribution >= 0.6 is 0 Å². The van der Waals surface area contributed by atoms with Crippen molar-refractivity contribution in [2.75, 3.05) is 6.54 Å². The number of carboxylic acids is 1. The summed E-state index contributed by atoms with van der Waals surface area (Å²) in [5.41, 5.74) is -1.27. The Kier molecular flexibility index (Phi) is 3.78. The van der Waals surface area contributed by atoms with Crippen LogP contribution in [0.3, 0.4) is 0 Å². The fraction of sp³-hybridized carbons (Fsp3) is 0.462. The molecule has 0 aliphatic heterocycles. The van der Waals surface area contributed by atoms with E-state index in [-0.39, 0.29) is 18.2 Å². The molecule has 1 aromatic heterocycles. The summed E-state index contributed by atoms with van der Waals surface area (Å²) in [5.74, 6) is -2.08. The molecule has 1 unspecified atom stereocenters. The van der Waals surface area contributed by atoms with Gasteiger partial charge in [0, 0.05) is 0 Å². The first-order valence-corrected chi connectivity index (χ1v) is 6.29. The molecule has 1 aliphatic carbocycles. The largest absolute Gasteiger partial charge is 0.480 e. The fourth-order valence-electron chi connectivity index (χ4n) is 1.98. The molecule has 2 amide bonds. The van der Waals surface area contributed by atoms with Gasteiger partial charge in [-0.25, -0.2) is 4.79 Å². The molecule has 1 aliphatic rings. The lowest BCUT2D eigenvalue weighted by Gasteiger charge is -2.26. The number of carbonyl (C=O) groups excluding carboxylic acids is 2. The highest BCUT2D eigenvalue weighted by atomic mass is 16.4. The third-order valence-corrected chi connectivity index (χ3v) is 3.39. The van der Waals surface area contributed by atoms with Crippen molar-refractivity contribution < 1.29 is 23.9 Å². The quantitative estimate of drug-likeness (QED) is 0.698. The number of amides is 2. The van der Waals surface area contributed by atoms with Gasteiger partial charge in [0.1, 0.15) is 5.54 Å². The molecule has 3 N–H and O–H groups in total. The van der Waals surface area contributed by atoms with Gasteiger partial charge in [-0.3, -0.25) is 9.59 Å². The second kappa shape index (κ2) is 5.36. The molecule has 2 rings (SSSR count). The molecule has 1 heterocycles. The van der Waals surface area contributed by atoms with Crippen molar-refractivity contribution >= 4 is 17.8 Å². The van der Waals surface area contributed by atoms with E-state index < -0.39 is 23.3 Å². The van der Waals surface area contributed by atoms with Crippen LogP contribution in [-0.4, -0.2) is 35.0 Å². The van der Waals surface area contributed by atoms with Crippen LogP contribution in [0.15, 0.2) is 22.8 Å². The predicted molar refractivity (Wildman–Crippen MR) is 67.9 cm³/mol. The Labute approximate surface area is 115 Å². The number of hydrogen-bond acceptors (Lipinski definition) is 4. The highest BCUT2D eigenvalue weighted by Gasteiger charge is 2.48. The molecule has 0 radical (unpaired) electrons. The Morgan fingerprint density at radius 2 is 2.15 bits per heavy atom. The van der Waals surface area contributed by atoms with E-state index in [2.05, 4.69) is 10.6 Å². The third kappa shape index (κ3) is 2.98. The summed E-state index contributed by atoms with van der Waals surface area (Å²) >= 11 is 0. The first kappa shape index (κ1) is 14.1. The summed E-state index contributed by atoms with van der Waals surface area (Å²) in [7, 11) is 0. The minimum atomic E-state index is -1.27. The number of carbonyl (C=O) groups is 3. The molecular weight excluding hydrogens is 264 g/mol. The van der Waals surface area contributed by atoms with Crippen LogP contribution in [0.5, 0.6) is 0 Å². The minimum Gasteiger partial charge on any atom is -0.480 e. The van der Waals surface area contributed by atoms with Crippen LogP contribution in [0.25, 0.3) is 0 Å². The zero-order valence-electron chi connectivity index (χ0n) is 11.0. The lowest BCUT2D eigenvalue weighted by Crippen LogP contribution is -2.56. The van der Waals surface area contributed by atoms with Gasteiger partial charge in [0.25, 0.3) is 5.91 Å². The first-order chi connectivity index (χ1) is 9.43. The molecule has 1 saturated carbocycles. The zero-order valence-corrected chi connectivity index (χ0v) is 11.0. The van der Waals surface area contributed by atoms with Gasteiger partial charge in [0.15, 0.2) is 5.76 Å². The molecule has 0 aromatic carbocycles. The summed E-state index contributed by atoms with van der Waals surface area (Å²) in [5, 5.41) is 14.0. The van der Waals surface area contributed by atoms with Gasteiger partial charge in [0.05, 0.1) is 12.8 Å². The third-order valence-electron chi connectivity index (χ3n) is 3.39. The van der Waals surface area contributed by atoms with Crippen molar-refractivity contribution in [1.82, 2.24) is 10.6 Å². The Morgan fingerprint density at radius 1 is 1.45 bits per heavy atom. The monoisotopic (exact) mass is 280 g/mol.